The number of carbonyl (C=O) groups excluding carboxylic acids is 3. The quantitative estimate of drug-likeness (QED) is 0.721. The van der Waals surface area contributed by atoms with Gasteiger partial charge in [0.15, 0.2) is 0 Å². The van der Waals surface area contributed by atoms with Gasteiger partial charge in [-0.1, -0.05) is 12.1 Å². The Bertz CT molecular complexity index is 1140. The molecule has 2 atom stereocenters. The average molecular weight is 443 g/mol. The third kappa shape index (κ3) is 3.91. The van der Waals surface area contributed by atoms with E-state index in [1.807, 2.05) is 39.0 Å². The summed E-state index contributed by atoms with van der Waals surface area (Å²) in [5.74, 6) is -0.787. The zero-order valence-electron chi connectivity index (χ0n) is 19.0. The Kier molecular flexibility index (Phi) is 5.60. The highest BCUT2D eigenvalue weighted by atomic mass is 16.6. The van der Waals surface area contributed by atoms with Crippen LogP contribution in [0.2, 0.25) is 0 Å². The normalized spacial score (nSPS) is 22.2. The lowest BCUT2D eigenvalue weighted by atomic mass is 9.94. The maximum absolute atomic E-state index is 13.2. The molecule has 1 aromatic heterocycles. The molecule has 2 fully saturated rings. The molecule has 9 heteroatoms. The van der Waals surface area contributed by atoms with E-state index >= 15 is 0 Å². The molecule has 0 radical (unpaired) electrons. The van der Waals surface area contributed by atoms with Crippen molar-refractivity contribution in [3.63, 3.8) is 0 Å². The van der Waals surface area contributed by atoms with Crippen LogP contribution in [0.25, 0.3) is 11.0 Å². The molecule has 3 amide bonds. The number of imidazole rings is 1. The lowest BCUT2D eigenvalue weighted by molar-refractivity contribution is -0.135. The van der Waals surface area contributed by atoms with Gasteiger partial charge in [-0.15, -0.1) is 0 Å². The molecule has 4 rings (SSSR count). The van der Waals surface area contributed by atoms with Crippen molar-refractivity contribution in [3.05, 3.63) is 34.2 Å². The van der Waals surface area contributed by atoms with Crippen molar-refractivity contribution in [1.82, 2.24) is 19.4 Å². The van der Waals surface area contributed by atoms with Gasteiger partial charge >= 0.3 is 11.8 Å². The first kappa shape index (κ1) is 22.1. The summed E-state index contributed by atoms with van der Waals surface area (Å²) in [4.78, 5) is 52.0. The molecule has 0 saturated carbocycles. The van der Waals surface area contributed by atoms with Gasteiger partial charge in [-0.25, -0.2) is 9.59 Å². The summed E-state index contributed by atoms with van der Waals surface area (Å²) in [6.07, 6.45) is 2.71. The Balaban J connectivity index is 1.80. The van der Waals surface area contributed by atoms with E-state index in [-0.39, 0.29) is 36.6 Å². The highest BCUT2D eigenvalue weighted by Gasteiger charge is 2.35. The van der Waals surface area contributed by atoms with Gasteiger partial charge < -0.3 is 9.64 Å². The molecular weight excluding hydrogens is 412 g/mol. The number of nitrogens with one attached hydrogen (secondary N) is 1. The van der Waals surface area contributed by atoms with Crippen LogP contribution in [-0.2, 0) is 21.4 Å². The van der Waals surface area contributed by atoms with Crippen molar-refractivity contribution in [2.75, 3.05) is 6.54 Å². The number of aryl methyl sites for hydroxylation is 1. The van der Waals surface area contributed by atoms with Gasteiger partial charge in [-0.05, 0) is 52.5 Å². The predicted molar refractivity (Wildman–Crippen MR) is 118 cm³/mol. The number of hydrogen-bond donors (Lipinski definition) is 1. The molecule has 2 saturated heterocycles. The Morgan fingerprint density at radius 2 is 1.84 bits per heavy atom. The Hall–Kier alpha value is -3.10. The first-order valence-electron chi connectivity index (χ1n) is 11.1. The fourth-order valence-corrected chi connectivity index (χ4v) is 4.76. The van der Waals surface area contributed by atoms with Crippen LogP contribution < -0.4 is 11.0 Å². The van der Waals surface area contributed by atoms with Gasteiger partial charge in [-0.2, -0.15) is 0 Å². The maximum atomic E-state index is 13.2. The number of carbonyl (C=O) groups is 3. The van der Waals surface area contributed by atoms with Crippen LogP contribution >= 0.6 is 0 Å². The predicted octanol–water partition coefficient (Wildman–Crippen LogP) is 2.78. The first-order chi connectivity index (χ1) is 15.1. The van der Waals surface area contributed by atoms with E-state index in [2.05, 4.69) is 5.32 Å². The number of rotatable bonds is 2. The molecule has 0 bridgehead atoms. The van der Waals surface area contributed by atoms with Gasteiger partial charge in [0.25, 0.3) is 0 Å². The van der Waals surface area contributed by atoms with E-state index in [0.29, 0.717) is 17.6 Å². The minimum absolute atomic E-state index is 0.188. The first-order valence-corrected chi connectivity index (χ1v) is 11.1. The summed E-state index contributed by atoms with van der Waals surface area (Å²) in [5, 5.41) is 2.33. The standard InChI is InChI=1S/C23H30N4O5/c1-23(2,3)32-22(31)26-13-6-5-9-15(26)14-8-7-10-16-19(14)25(4)21(30)27(16)17-11-12-18(28)24-20(17)29/h7-8,10,15,17H,5-6,9,11-13H2,1-4H3,(H,24,28,29). The fourth-order valence-electron chi connectivity index (χ4n) is 4.76. The Labute approximate surface area is 186 Å². The highest BCUT2D eigenvalue weighted by molar-refractivity contribution is 6.00. The highest BCUT2D eigenvalue weighted by Crippen LogP contribution is 2.36. The number of nitrogens with zero attached hydrogens (tertiary/aromatic N) is 3. The third-order valence-corrected chi connectivity index (χ3v) is 6.15. The monoisotopic (exact) mass is 442 g/mol. The summed E-state index contributed by atoms with van der Waals surface area (Å²) in [7, 11) is 1.68. The van der Waals surface area contributed by atoms with E-state index in [9.17, 15) is 19.2 Å². The smallest absolute Gasteiger partial charge is 0.410 e. The molecule has 9 nitrogen and oxygen atoms in total. The molecule has 2 aromatic rings. The van der Waals surface area contributed by atoms with Crippen molar-refractivity contribution in [3.8, 4) is 0 Å². The average Bonchev–Trinajstić information content (AvgIpc) is 2.98. The summed E-state index contributed by atoms with van der Waals surface area (Å²) < 4.78 is 8.66. The molecule has 1 N–H and O–H groups in total. The molecule has 0 spiro atoms. The van der Waals surface area contributed by atoms with E-state index in [1.165, 1.54) is 9.13 Å². The fraction of sp³-hybridized carbons (Fsp3) is 0.565. The summed E-state index contributed by atoms with van der Waals surface area (Å²) in [5.41, 5.74) is 1.26. The molecule has 0 aliphatic carbocycles. The number of fused-ring (bicyclic) bond motifs is 1. The third-order valence-electron chi connectivity index (χ3n) is 6.15. The Morgan fingerprint density at radius 3 is 2.53 bits per heavy atom. The van der Waals surface area contributed by atoms with Crippen molar-refractivity contribution in [2.24, 2.45) is 7.05 Å². The van der Waals surface area contributed by atoms with E-state index in [4.69, 9.17) is 4.74 Å². The second kappa shape index (κ2) is 8.11. The summed E-state index contributed by atoms with van der Waals surface area (Å²) in [6.45, 7) is 6.11. The van der Waals surface area contributed by atoms with Crippen molar-refractivity contribution >= 4 is 28.9 Å². The molecule has 2 aliphatic rings. The molecule has 3 heterocycles. The van der Waals surface area contributed by atoms with Gasteiger partial charge in [0.2, 0.25) is 11.8 Å². The number of aromatic nitrogens is 2. The van der Waals surface area contributed by atoms with Gasteiger partial charge in [-0.3, -0.25) is 24.0 Å². The topological polar surface area (TPSA) is 103 Å². The van der Waals surface area contributed by atoms with Crippen LogP contribution in [0.5, 0.6) is 0 Å². The van der Waals surface area contributed by atoms with Crippen LogP contribution in [0.1, 0.15) is 70.5 Å². The van der Waals surface area contributed by atoms with E-state index in [0.717, 1.165) is 24.8 Å². The van der Waals surface area contributed by atoms with Crippen LogP contribution in [0.15, 0.2) is 23.0 Å². The molecule has 172 valence electrons. The van der Waals surface area contributed by atoms with E-state index < -0.39 is 17.6 Å². The lowest BCUT2D eigenvalue weighted by Gasteiger charge is -2.37. The van der Waals surface area contributed by atoms with Gasteiger partial charge in [0, 0.05) is 25.6 Å². The second-order valence-corrected chi connectivity index (χ2v) is 9.58. The number of benzene rings is 1. The van der Waals surface area contributed by atoms with Gasteiger partial charge in [0.1, 0.15) is 11.6 Å². The number of likely N-dealkylation sites (tertiary alicyclic amines) is 1. The zero-order valence-corrected chi connectivity index (χ0v) is 19.0. The molecular formula is C23H30N4O5. The zero-order chi connectivity index (χ0) is 23.2. The van der Waals surface area contributed by atoms with Gasteiger partial charge in [0.05, 0.1) is 17.1 Å². The summed E-state index contributed by atoms with van der Waals surface area (Å²) >= 11 is 0. The number of ether oxygens (including phenoxy) is 1. The second-order valence-electron chi connectivity index (χ2n) is 9.58. The van der Waals surface area contributed by atoms with Crippen LogP contribution in [-0.4, -0.2) is 44.1 Å². The van der Waals surface area contributed by atoms with Crippen molar-refractivity contribution < 1.29 is 19.1 Å². The number of hydrogen-bond acceptors (Lipinski definition) is 5. The van der Waals surface area contributed by atoms with Crippen molar-refractivity contribution in [1.29, 1.82) is 0 Å². The minimum atomic E-state index is -0.743. The van der Waals surface area contributed by atoms with E-state index in [1.54, 1.807) is 11.9 Å². The van der Waals surface area contributed by atoms with Crippen molar-refractivity contribution in [2.45, 2.75) is 70.6 Å². The molecule has 32 heavy (non-hydrogen) atoms. The van der Waals surface area contributed by atoms with Crippen LogP contribution in [0.3, 0.4) is 0 Å². The lowest BCUT2D eigenvalue weighted by Crippen LogP contribution is -2.44. The molecule has 1 aromatic carbocycles. The Morgan fingerprint density at radius 1 is 1.09 bits per heavy atom. The number of amides is 3. The largest absolute Gasteiger partial charge is 0.444 e. The number of para-hydroxylation sites is 1. The number of piperidine rings is 2. The molecule has 2 unspecified atom stereocenters. The summed E-state index contributed by atoms with van der Waals surface area (Å²) in [6, 6.07) is 4.62. The minimum Gasteiger partial charge on any atom is -0.444 e. The SMILES string of the molecule is Cn1c(=O)n(C2CCC(=O)NC2=O)c2cccc(C3CCCCN3C(=O)OC(C)(C)C)c21. The van der Waals surface area contributed by atoms with Crippen LogP contribution in [0.4, 0.5) is 4.79 Å². The maximum Gasteiger partial charge on any atom is 0.410 e. The number of imide groups is 1. The molecule has 2 aliphatic heterocycles. The van der Waals surface area contributed by atoms with Crippen LogP contribution in [0, 0.1) is 0 Å².